The number of ether oxygens (including phenoxy) is 1. The van der Waals surface area contributed by atoms with Crippen LogP contribution in [0.15, 0.2) is 42.5 Å². The molecule has 1 nitrogen and oxygen atoms in total. The molecule has 0 saturated heterocycles. The predicted octanol–water partition coefficient (Wildman–Crippen LogP) is 9.56. The molecule has 0 N–H and O–H groups in total. The van der Waals surface area contributed by atoms with Crippen molar-refractivity contribution in [3.8, 4) is 16.9 Å². The Labute approximate surface area is 211 Å². The number of hydrogen-bond donors (Lipinski definition) is 0. The molecule has 37 heavy (non-hydrogen) atoms. The molecule has 0 atom stereocenters. The van der Waals surface area contributed by atoms with Crippen LogP contribution in [0, 0.1) is 41.9 Å². The number of benzene rings is 3. The molecule has 0 spiro atoms. The molecule has 0 aromatic heterocycles. The normalized spacial score (nSPS) is 18.2. The summed E-state index contributed by atoms with van der Waals surface area (Å²) in [5, 5.41) is 0. The van der Waals surface area contributed by atoms with Gasteiger partial charge in [0.2, 0.25) is 5.82 Å². The van der Waals surface area contributed by atoms with E-state index in [2.05, 4.69) is 11.7 Å². The van der Waals surface area contributed by atoms with Crippen molar-refractivity contribution >= 4 is 0 Å². The molecule has 3 aromatic rings. The summed E-state index contributed by atoms with van der Waals surface area (Å²) >= 11 is 0. The van der Waals surface area contributed by atoms with Crippen molar-refractivity contribution in [2.75, 3.05) is 0 Å². The zero-order valence-electron chi connectivity index (χ0n) is 20.5. The lowest BCUT2D eigenvalue weighted by Crippen LogP contribution is -2.26. The number of halogens is 7. The minimum Gasteiger partial charge on any atom is -0.425 e. The second-order valence-corrected chi connectivity index (χ2v) is 9.69. The van der Waals surface area contributed by atoms with Gasteiger partial charge in [-0.2, -0.15) is 13.2 Å². The third-order valence-corrected chi connectivity index (χ3v) is 7.13. The lowest BCUT2D eigenvalue weighted by molar-refractivity contribution is -0.191. The average Bonchev–Trinajstić information content (AvgIpc) is 2.85. The van der Waals surface area contributed by atoms with Gasteiger partial charge in [-0.1, -0.05) is 44.0 Å². The quantitative estimate of drug-likeness (QED) is 0.221. The summed E-state index contributed by atoms with van der Waals surface area (Å²) in [5.74, 6) is -9.09. The van der Waals surface area contributed by atoms with E-state index in [9.17, 15) is 30.7 Å². The van der Waals surface area contributed by atoms with Crippen molar-refractivity contribution in [2.45, 2.75) is 64.4 Å². The van der Waals surface area contributed by atoms with Gasteiger partial charge < -0.3 is 4.74 Å². The topological polar surface area (TPSA) is 9.23 Å². The smallest absolute Gasteiger partial charge is 0.425 e. The Morgan fingerprint density at radius 2 is 1.38 bits per heavy atom. The molecular formula is C29H27F7O. The standard InChI is InChI=1S/C29H27F7O/c1-3-4-17-5-7-18(8-6-17)19-9-11-20(12-10-19)21-14-22(30)25(23(31)15-21)29(35,36)37-28-16(2)13-24(32)26(33)27(28)34/h9-15,17-18H,3-8H2,1-2H3. The van der Waals surface area contributed by atoms with Crippen LogP contribution in [-0.4, -0.2) is 0 Å². The van der Waals surface area contributed by atoms with E-state index in [0.29, 0.717) is 17.5 Å². The first-order chi connectivity index (χ1) is 17.5. The molecule has 0 aliphatic heterocycles. The Bertz CT molecular complexity index is 1240. The largest absolute Gasteiger partial charge is 0.432 e. The van der Waals surface area contributed by atoms with Gasteiger partial charge in [-0.3, -0.25) is 0 Å². The minimum absolute atomic E-state index is 0.0305. The molecule has 3 aromatic carbocycles. The summed E-state index contributed by atoms with van der Waals surface area (Å²) in [4.78, 5) is 0. The van der Waals surface area contributed by atoms with Gasteiger partial charge in [0.25, 0.3) is 0 Å². The maximum Gasteiger partial charge on any atom is 0.432 e. The maximum absolute atomic E-state index is 14.8. The van der Waals surface area contributed by atoms with E-state index < -0.39 is 52.1 Å². The van der Waals surface area contributed by atoms with E-state index >= 15 is 0 Å². The minimum atomic E-state index is -4.71. The third kappa shape index (κ3) is 5.63. The highest BCUT2D eigenvalue weighted by atomic mass is 19.3. The van der Waals surface area contributed by atoms with Crippen LogP contribution in [0.3, 0.4) is 0 Å². The zero-order chi connectivity index (χ0) is 26.9. The van der Waals surface area contributed by atoms with Crippen LogP contribution < -0.4 is 4.74 Å². The predicted molar refractivity (Wildman–Crippen MR) is 127 cm³/mol. The second-order valence-electron chi connectivity index (χ2n) is 9.69. The van der Waals surface area contributed by atoms with Crippen molar-refractivity contribution in [1.29, 1.82) is 0 Å². The molecule has 1 fully saturated rings. The Hall–Kier alpha value is -3.03. The first-order valence-electron chi connectivity index (χ1n) is 12.3. The molecular weight excluding hydrogens is 497 g/mol. The number of aryl methyl sites for hydroxylation is 1. The molecule has 8 heteroatoms. The van der Waals surface area contributed by atoms with Crippen LogP contribution in [0.1, 0.15) is 68.1 Å². The highest BCUT2D eigenvalue weighted by molar-refractivity contribution is 5.64. The fraction of sp³-hybridized carbons (Fsp3) is 0.379. The van der Waals surface area contributed by atoms with Crippen LogP contribution in [0.5, 0.6) is 5.75 Å². The summed E-state index contributed by atoms with van der Waals surface area (Å²) in [6.45, 7) is 3.18. The molecule has 0 radical (unpaired) electrons. The molecule has 198 valence electrons. The van der Waals surface area contributed by atoms with Crippen LogP contribution in [-0.2, 0) is 6.11 Å². The Morgan fingerprint density at radius 3 is 1.95 bits per heavy atom. The maximum atomic E-state index is 14.8. The second kappa shape index (κ2) is 10.8. The Morgan fingerprint density at radius 1 is 0.784 bits per heavy atom. The van der Waals surface area contributed by atoms with Crippen LogP contribution in [0.25, 0.3) is 11.1 Å². The average molecular weight is 525 g/mol. The van der Waals surface area contributed by atoms with Gasteiger partial charge in [0, 0.05) is 0 Å². The Kier molecular flexibility index (Phi) is 7.85. The van der Waals surface area contributed by atoms with Crippen molar-refractivity contribution < 1.29 is 35.5 Å². The van der Waals surface area contributed by atoms with Gasteiger partial charge in [-0.05, 0) is 84.9 Å². The Balaban J connectivity index is 1.55. The van der Waals surface area contributed by atoms with Gasteiger partial charge in [0.1, 0.15) is 17.2 Å². The summed E-state index contributed by atoms with van der Waals surface area (Å²) < 4.78 is 104. The molecule has 4 rings (SSSR count). The van der Waals surface area contributed by atoms with Crippen LogP contribution in [0.2, 0.25) is 0 Å². The summed E-state index contributed by atoms with van der Waals surface area (Å²) in [6.07, 6.45) is 2.20. The highest BCUT2D eigenvalue weighted by Gasteiger charge is 2.42. The van der Waals surface area contributed by atoms with Gasteiger partial charge in [0.15, 0.2) is 17.4 Å². The molecule has 0 amide bonds. The molecule has 0 bridgehead atoms. The van der Waals surface area contributed by atoms with Gasteiger partial charge in [-0.15, -0.1) is 0 Å². The first-order valence-corrected chi connectivity index (χ1v) is 12.3. The van der Waals surface area contributed by atoms with Gasteiger partial charge in [-0.25, -0.2) is 17.6 Å². The number of alkyl halides is 2. The van der Waals surface area contributed by atoms with E-state index in [0.717, 1.165) is 43.4 Å². The summed E-state index contributed by atoms with van der Waals surface area (Å²) in [6, 6.07) is 9.06. The van der Waals surface area contributed by atoms with E-state index in [4.69, 9.17) is 0 Å². The molecule has 1 aliphatic rings. The fourth-order valence-corrected chi connectivity index (χ4v) is 5.16. The van der Waals surface area contributed by atoms with Crippen molar-refractivity contribution in [3.05, 3.63) is 88.2 Å². The fourth-order valence-electron chi connectivity index (χ4n) is 5.16. The first kappa shape index (κ1) is 27.0. The lowest BCUT2D eigenvalue weighted by atomic mass is 9.77. The SMILES string of the molecule is CCCC1CCC(c2ccc(-c3cc(F)c(C(F)(F)Oc4c(C)cc(F)c(F)c4F)c(F)c3)cc2)CC1. The van der Waals surface area contributed by atoms with Crippen molar-refractivity contribution in [1.82, 2.24) is 0 Å². The van der Waals surface area contributed by atoms with Gasteiger partial charge in [0.05, 0.1) is 0 Å². The third-order valence-electron chi connectivity index (χ3n) is 7.13. The van der Waals surface area contributed by atoms with E-state index in [1.54, 1.807) is 12.1 Å². The summed E-state index contributed by atoms with van der Waals surface area (Å²) in [5.41, 5.74) is -0.685. The highest BCUT2D eigenvalue weighted by Crippen LogP contribution is 2.41. The number of hydrogen-bond acceptors (Lipinski definition) is 1. The monoisotopic (exact) mass is 524 g/mol. The number of rotatable bonds is 7. The molecule has 1 aliphatic carbocycles. The van der Waals surface area contributed by atoms with E-state index in [-0.39, 0.29) is 5.56 Å². The van der Waals surface area contributed by atoms with Crippen LogP contribution >= 0.6 is 0 Å². The lowest BCUT2D eigenvalue weighted by Gasteiger charge is -2.28. The van der Waals surface area contributed by atoms with E-state index in [1.807, 2.05) is 12.1 Å². The van der Waals surface area contributed by atoms with Gasteiger partial charge >= 0.3 is 6.11 Å². The van der Waals surface area contributed by atoms with Crippen molar-refractivity contribution in [3.63, 3.8) is 0 Å². The van der Waals surface area contributed by atoms with Crippen LogP contribution in [0.4, 0.5) is 30.7 Å². The molecule has 0 heterocycles. The summed E-state index contributed by atoms with van der Waals surface area (Å²) in [7, 11) is 0. The molecule has 0 unspecified atom stereocenters. The molecule has 1 saturated carbocycles. The van der Waals surface area contributed by atoms with Crippen molar-refractivity contribution in [2.24, 2.45) is 5.92 Å². The zero-order valence-corrected chi connectivity index (χ0v) is 20.5. The van der Waals surface area contributed by atoms with E-state index in [1.165, 1.54) is 25.7 Å².